The molecule has 1 aliphatic heterocycles. The van der Waals surface area contributed by atoms with Crippen molar-refractivity contribution in [1.29, 1.82) is 0 Å². The smallest absolute Gasteiger partial charge is 0.142 e. The Morgan fingerprint density at radius 1 is 1.36 bits per heavy atom. The second-order valence-corrected chi connectivity index (χ2v) is 4.05. The molecule has 2 nitrogen and oxygen atoms in total. The van der Waals surface area contributed by atoms with Gasteiger partial charge in [-0.3, -0.25) is 4.79 Å². The highest BCUT2D eigenvalue weighted by atomic mass is 16.1. The summed E-state index contributed by atoms with van der Waals surface area (Å²) in [5.41, 5.74) is 1.13. The number of likely N-dealkylation sites (tertiary alicyclic amines) is 1. The predicted molar refractivity (Wildman–Crippen MR) is 56.1 cm³/mol. The molecule has 0 spiro atoms. The third-order valence-corrected chi connectivity index (χ3v) is 2.74. The molecule has 0 atom stereocenters. The van der Waals surface area contributed by atoms with Gasteiger partial charge in [0.2, 0.25) is 0 Å². The van der Waals surface area contributed by atoms with Crippen LogP contribution >= 0.6 is 0 Å². The van der Waals surface area contributed by atoms with Gasteiger partial charge in [0.1, 0.15) is 5.78 Å². The van der Waals surface area contributed by atoms with Crippen molar-refractivity contribution in [3.8, 4) is 0 Å². The minimum absolute atomic E-state index is 0.278. The molecule has 1 fully saturated rings. The minimum Gasteiger partial charge on any atom is -0.305 e. The van der Waals surface area contributed by atoms with Crippen molar-refractivity contribution in [2.75, 3.05) is 20.1 Å². The number of carbonyl (C=O) groups excluding carboxylic acids is 1. The summed E-state index contributed by atoms with van der Waals surface area (Å²) in [5, 5.41) is 0. The predicted octanol–water partition coefficient (Wildman–Crippen LogP) is 1.36. The molecule has 0 saturated carbocycles. The molecule has 74 valence electrons. The Hall–Kier alpha value is -1.15. The van der Waals surface area contributed by atoms with Gasteiger partial charge in [-0.05, 0) is 12.6 Å². The van der Waals surface area contributed by atoms with Gasteiger partial charge in [0, 0.05) is 25.4 Å². The number of hydrogen-bond donors (Lipinski definition) is 0. The molecule has 1 heterocycles. The molecule has 0 N–H and O–H groups in total. The van der Waals surface area contributed by atoms with Crippen molar-refractivity contribution in [2.45, 2.75) is 6.42 Å². The van der Waals surface area contributed by atoms with Gasteiger partial charge in [0.15, 0.2) is 0 Å². The number of rotatable bonds is 3. The van der Waals surface area contributed by atoms with Gasteiger partial charge in [-0.15, -0.1) is 0 Å². The standard InChI is InChI=1S/C12H15NO/c1-13-8-11(9-13)12(14)7-10-5-3-2-4-6-10/h2-6,11H,7-9H2,1H3. The van der Waals surface area contributed by atoms with Gasteiger partial charge in [-0.2, -0.15) is 0 Å². The highest BCUT2D eigenvalue weighted by molar-refractivity contribution is 5.84. The van der Waals surface area contributed by atoms with E-state index in [0.29, 0.717) is 12.2 Å². The van der Waals surface area contributed by atoms with E-state index in [1.54, 1.807) is 0 Å². The summed E-state index contributed by atoms with van der Waals surface area (Å²) in [4.78, 5) is 13.9. The molecule has 0 unspecified atom stereocenters. The van der Waals surface area contributed by atoms with Crippen LogP contribution in [0.15, 0.2) is 30.3 Å². The van der Waals surface area contributed by atoms with Crippen LogP contribution in [0.3, 0.4) is 0 Å². The topological polar surface area (TPSA) is 20.3 Å². The first-order valence-electron chi connectivity index (χ1n) is 5.01. The second kappa shape index (κ2) is 3.93. The minimum atomic E-state index is 0.278. The number of nitrogens with zero attached hydrogens (tertiary/aromatic N) is 1. The fourth-order valence-corrected chi connectivity index (χ4v) is 1.84. The highest BCUT2D eigenvalue weighted by Gasteiger charge is 2.29. The van der Waals surface area contributed by atoms with E-state index >= 15 is 0 Å². The number of Topliss-reactive ketones (excluding diaryl/α,β-unsaturated/α-hetero) is 1. The molecular weight excluding hydrogens is 174 g/mol. The van der Waals surface area contributed by atoms with Crippen molar-refractivity contribution in [2.24, 2.45) is 5.92 Å². The highest BCUT2D eigenvalue weighted by Crippen LogP contribution is 2.16. The summed E-state index contributed by atoms with van der Waals surface area (Å²) < 4.78 is 0. The van der Waals surface area contributed by atoms with E-state index in [1.165, 1.54) is 0 Å². The first-order chi connectivity index (χ1) is 6.75. The van der Waals surface area contributed by atoms with E-state index in [-0.39, 0.29) is 5.92 Å². The fourth-order valence-electron chi connectivity index (χ4n) is 1.84. The Bertz CT molecular complexity index is 314. The van der Waals surface area contributed by atoms with E-state index in [9.17, 15) is 4.79 Å². The summed E-state index contributed by atoms with van der Waals surface area (Å²) in [7, 11) is 2.05. The molecule has 1 saturated heterocycles. The van der Waals surface area contributed by atoms with Crippen LogP contribution in [0.2, 0.25) is 0 Å². The molecule has 0 aromatic heterocycles. The fraction of sp³-hybridized carbons (Fsp3) is 0.417. The lowest BCUT2D eigenvalue weighted by Gasteiger charge is -2.35. The zero-order valence-corrected chi connectivity index (χ0v) is 8.44. The van der Waals surface area contributed by atoms with Gasteiger partial charge in [-0.25, -0.2) is 0 Å². The summed E-state index contributed by atoms with van der Waals surface area (Å²) in [6.07, 6.45) is 0.597. The van der Waals surface area contributed by atoms with Crippen LogP contribution in [0.25, 0.3) is 0 Å². The van der Waals surface area contributed by atoms with Gasteiger partial charge >= 0.3 is 0 Å². The SMILES string of the molecule is CN1CC(C(=O)Cc2ccccc2)C1. The molecule has 0 amide bonds. The Balaban J connectivity index is 1.89. The third kappa shape index (κ3) is 2.02. The maximum atomic E-state index is 11.7. The lowest BCUT2D eigenvalue weighted by molar-refractivity contribution is -0.126. The first-order valence-corrected chi connectivity index (χ1v) is 5.01. The maximum absolute atomic E-state index is 11.7. The molecule has 14 heavy (non-hydrogen) atoms. The van der Waals surface area contributed by atoms with E-state index in [0.717, 1.165) is 18.7 Å². The molecule has 1 aromatic carbocycles. The molecule has 1 aliphatic rings. The van der Waals surface area contributed by atoms with Crippen LogP contribution in [0.1, 0.15) is 5.56 Å². The molecule has 0 aliphatic carbocycles. The number of benzene rings is 1. The van der Waals surface area contributed by atoms with Gasteiger partial charge in [-0.1, -0.05) is 30.3 Å². The summed E-state index contributed by atoms with van der Waals surface area (Å²) in [6, 6.07) is 9.97. The average molecular weight is 189 g/mol. The molecule has 1 aromatic rings. The molecule has 2 rings (SSSR count). The average Bonchev–Trinajstić information content (AvgIpc) is 2.14. The molecule has 2 heteroatoms. The third-order valence-electron chi connectivity index (χ3n) is 2.74. The van der Waals surface area contributed by atoms with Crippen LogP contribution in [-0.2, 0) is 11.2 Å². The quantitative estimate of drug-likeness (QED) is 0.715. The lowest BCUT2D eigenvalue weighted by Crippen LogP contribution is -2.48. The second-order valence-electron chi connectivity index (χ2n) is 4.05. The Morgan fingerprint density at radius 2 is 2.00 bits per heavy atom. The van der Waals surface area contributed by atoms with Crippen LogP contribution in [0.5, 0.6) is 0 Å². The van der Waals surface area contributed by atoms with Crippen molar-refractivity contribution in [3.63, 3.8) is 0 Å². The normalized spacial score (nSPS) is 17.8. The van der Waals surface area contributed by atoms with Crippen molar-refractivity contribution in [3.05, 3.63) is 35.9 Å². The Labute approximate surface area is 84.5 Å². The van der Waals surface area contributed by atoms with Crippen molar-refractivity contribution < 1.29 is 4.79 Å². The Morgan fingerprint density at radius 3 is 2.57 bits per heavy atom. The number of ketones is 1. The zero-order chi connectivity index (χ0) is 9.97. The molecule has 0 bridgehead atoms. The van der Waals surface area contributed by atoms with Crippen LogP contribution < -0.4 is 0 Å². The zero-order valence-electron chi connectivity index (χ0n) is 8.44. The van der Waals surface area contributed by atoms with E-state index in [2.05, 4.69) is 4.90 Å². The summed E-state index contributed by atoms with van der Waals surface area (Å²) in [5.74, 6) is 0.662. The van der Waals surface area contributed by atoms with Crippen molar-refractivity contribution >= 4 is 5.78 Å². The number of carbonyl (C=O) groups is 1. The Kier molecular flexibility index (Phi) is 2.64. The van der Waals surface area contributed by atoms with Crippen LogP contribution in [0, 0.1) is 5.92 Å². The van der Waals surface area contributed by atoms with Crippen molar-refractivity contribution in [1.82, 2.24) is 4.90 Å². The van der Waals surface area contributed by atoms with E-state index in [4.69, 9.17) is 0 Å². The lowest BCUT2D eigenvalue weighted by atomic mass is 9.92. The summed E-state index contributed by atoms with van der Waals surface area (Å²) >= 11 is 0. The number of hydrogen-bond acceptors (Lipinski definition) is 2. The maximum Gasteiger partial charge on any atom is 0.142 e. The van der Waals surface area contributed by atoms with Crippen LogP contribution in [0.4, 0.5) is 0 Å². The van der Waals surface area contributed by atoms with Gasteiger partial charge < -0.3 is 4.90 Å². The largest absolute Gasteiger partial charge is 0.305 e. The van der Waals surface area contributed by atoms with Gasteiger partial charge in [0.25, 0.3) is 0 Å². The van der Waals surface area contributed by atoms with Crippen LogP contribution in [-0.4, -0.2) is 30.8 Å². The van der Waals surface area contributed by atoms with E-state index in [1.807, 2.05) is 37.4 Å². The van der Waals surface area contributed by atoms with Gasteiger partial charge in [0.05, 0.1) is 0 Å². The first kappa shape index (κ1) is 9.41. The molecular formula is C12H15NO. The monoisotopic (exact) mass is 189 g/mol. The summed E-state index contributed by atoms with van der Waals surface area (Å²) in [6.45, 7) is 1.87. The van der Waals surface area contributed by atoms with E-state index < -0.39 is 0 Å². The molecule has 0 radical (unpaired) electrons.